The van der Waals surface area contributed by atoms with Gasteiger partial charge in [0.25, 0.3) is 5.91 Å². The van der Waals surface area contributed by atoms with Crippen LogP contribution in [0.3, 0.4) is 0 Å². The van der Waals surface area contributed by atoms with Gasteiger partial charge in [0.1, 0.15) is 0 Å². The van der Waals surface area contributed by atoms with Crippen molar-refractivity contribution in [2.24, 2.45) is 12.8 Å². The molecule has 0 radical (unpaired) electrons. The van der Waals surface area contributed by atoms with Gasteiger partial charge >= 0.3 is 0 Å². The topological polar surface area (TPSA) is 103 Å². The first-order valence-corrected chi connectivity index (χ1v) is 11.2. The van der Waals surface area contributed by atoms with E-state index in [1.165, 1.54) is 0 Å². The minimum atomic E-state index is -0.262. The van der Waals surface area contributed by atoms with Gasteiger partial charge in [0.05, 0.1) is 28.4 Å². The monoisotopic (exact) mass is 441 g/mol. The number of likely N-dealkylation sites (N-methyl/N-ethyl adjacent to an activating group) is 1. The maximum atomic E-state index is 13.8. The molecule has 0 bridgehead atoms. The number of nitrogens with one attached hydrogen (secondary N) is 1. The molecule has 1 atom stereocenters. The summed E-state index contributed by atoms with van der Waals surface area (Å²) >= 11 is 0. The Morgan fingerprint density at radius 2 is 1.79 bits per heavy atom. The molecule has 2 aliphatic heterocycles. The number of carbonyl (C=O) groups is 1. The van der Waals surface area contributed by atoms with Crippen LogP contribution in [-0.2, 0) is 11.8 Å². The number of amides is 1. The third-order valence-corrected chi connectivity index (χ3v) is 6.55. The molecule has 3 N–H and O–H groups in total. The van der Waals surface area contributed by atoms with E-state index >= 15 is 0 Å². The molecule has 3 heterocycles. The highest BCUT2D eigenvalue weighted by molar-refractivity contribution is 6.27. The average Bonchev–Trinajstić information content (AvgIpc) is 3.20. The summed E-state index contributed by atoms with van der Waals surface area (Å²) in [6.45, 7) is 1.65. The number of rotatable bonds is 3. The summed E-state index contributed by atoms with van der Waals surface area (Å²) in [5.41, 5.74) is 10.7. The zero-order chi connectivity index (χ0) is 23.1. The quantitative estimate of drug-likeness (QED) is 0.645. The van der Waals surface area contributed by atoms with Crippen molar-refractivity contribution >= 4 is 28.1 Å². The van der Waals surface area contributed by atoms with Crippen molar-refractivity contribution in [2.75, 3.05) is 20.1 Å². The average molecular weight is 442 g/mol. The fourth-order valence-corrected chi connectivity index (χ4v) is 4.70. The molecule has 1 fully saturated rings. The number of hydrogen-bond acceptors (Lipinski definition) is 6. The van der Waals surface area contributed by atoms with Crippen molar-refractivity contribution in [1.82, 2.24) is 24.9 Å². The Bertz CT molecular complexity index is 1280. The Morgan fingerprint density at radius 1 is 1.09 bits per heavy atom. The molecule has 0 saturated carbocycles. The maximum absolute atomic E-state index is 13.8. The van der Waals surface area contributed by atoms with Gasteiger partial charge < -0.3 is 16.0 Å². The van der Waals surface area contributed by atoms with E-state index in [4.69, 9.17) is 5.73 Å². The van der Waals surface area contributed by atoms with E-state index in [9.17, 15) is 10.1 Å². The first-order chi connectivity index (χ1) is 15.9. The molecule has 0 aliphatic carbocycles. The predicted molar refractivity (Wildman–Crippen MR) is 127 cm³/mol. The highest BCUT2D eigenvalue weighted by Crippen LogP contribution is 2.33. The van der Waals surface area contributed by atoms with Crippen LogP contribution in [0.1, 0.15) is 29.5 Å². The summed E-state index contributed by atoms with van der Waals surface area (Å²) in [5.74, 6) is -0.0452. The minimum absolute atomic E-state index is 0.0452. The Morgan fingerprint density at radius 3 is 2.48 bits per heavy atom. The highest BCUT2D eigenvalue weighted by atomic mass is 16.2. The summed E-state index contributed by atoms with van der Waals surface area (Å²) in [6.07, 6.45) is 3.49. The number of likely N-dealkylation sites (tertiary alicyclic amines) is 1. The number of nitrogens with two attached hydrogens (primary N) is 1. The van der Waals surface area contributed by atoms with Crippen LogP contribution in [0, 0.1) is 11.3 Å². The smallest absolute Gasteiger partial charge is 0.258 e. The lowest BCUT2D eigenvalue weighted by atomic mass is 9.95. The standard InChI is InChI=1S/C25H27N7O/c1-30-15-19-13-18(7-8-21(19)29-30)22-23(17-5-3-16(14-26)4-6-17)28-25(31(2)24(22)33)32-11-9-20(27)10-12-32/h3-8,13,15,20,25,28H,9-12,27H2,1-2H3. The number of nitriles is 1. The van der Waals surface area contributed by atoms with Crippen molar-refractivity contribution in [2.45, 2.75) is 25.2 Å². The molecule has 33 heavy (non-hydrogen) atoms. The van der Waals surface area contributed by atoms with Crippen molar-refractivity contribution < 1.29 is 4.79 Å². The molecule has 2 aliphatic rings. The lowest BCUT2D eigenvalue weighted by Crippen LogP contribution is -2.61. The summed E-state index contributed by atoms with van der Waals surface area (Å²) in [5, 5.41) is 18.3. The van der Waals surface area contributed by atoms with Crippen LogP contribution in [-0.4, -0.2) is 58.0 Å². The van der Waals surface area contributed by atoms with Crippen LogP contribution in [0.25, 0.3) is 22.2 Å². The van der Waals surface area contributed by atoms with Crippen LogP contribution in [0.5, 0.6) is 0 Å². The molecular formula is C25H27N7O. The molecule has 2 aromatic carbocycles. The van der Waals surface area contributed by atoms with Crippen molar-refractivity contribution in [3.63, 3.8) is 0 Å². The molecule has 8 heteroatoms. The van der Waals surface area contributed by atoms with Gasteiger partial charge in [0.15, 0.2) is 6.29 Å². The van der Waals surface area contributed by atoms with Gasteiger partial charge in [0, 0.05) is 44.8 Å². The zero-order valence-electron chi connectivity index (χ0n) is 18.8. The number of fused-ring (bicyclic) bond motifs is 1. The fourth-order valence-electron chi connectivity index (χ4n) is 4.70. The second-order valence-corrected chi connectivity index (χ2v) is 8.82. The van der Waals surface area contributed by atoms with Crippen molar-refractivity contribution in [3.05, 3.63) is 65.4 Å². The van der Waals surface area contributed by atoms with Crippen LogP contribution >= 0.6 is 0 Å². The van der Waals surface area contributed by atoms with E-state index in [-0.39, 0.29) is 18.2 Å². The van der Waals surface area contributed by atoms with Gasteiger partial charge in [-0.3, -0.25) is 14.4 Å². The van der Waals surface area contributed by atoms with Crippen molar-refractivity contribution in [3.8, 4) is 6.07 Å². The number of nitrogens with zero attached hydrogens (tertiary/aromatic N) is 5. The number of benzene rings is 2. The molecule has 3 aromatic rings. The number of carbonyl (C=O) groups excluding carboxylic acids is 1. The van der Waals surface area contributed by atoms with Gasteiger partial charge in [-0.25, -0.2) is 0 Å². The van der Waals surface area contributed by atoms with E-state index in [2.05, 4.69) is 21.4 Å². The number of piperidine rings is 1. The molecule has 1 unspecified atom stereocenters. The van der Waals surface area contributed by atoms with Gasteiger partial charge in [-0.2, -0.15) is 10.4 Å². The summed E-state index contributed by atoms with van der Waals surface area (Å²) in [7, 11) is 3.73. The molecular weight excluding hydrogens is 414 g/mol. The fraction of sp³-hybridized carbons (Fsp3) is 0.320. The first kappa shape index (κ1) is 21.2. The van der Waals surface area contributed by atoms with Crippen LogP contribution < -0.4 is 11.1 Å². The van der Waals surface area contributed by atoms with Crippen LogP contribution in [0.2, 0.25) is 0 Å². The summed E-state index contributed by atoms with van der Waals surface area (Å²) in [6, 6.07) is 15.6. The molecule has 1 saturated heterocycles. The largest absolute Gasteiger partial charge is 0.352 e. The maximum Gasteiger partial charge on any atom is 0.258 e. The lowest BCUT2D eigenvalue weighted by molar-refractivity contribution is -0.131. The third-order valence-electron chi connectivity index (χ3n) is 6.55. The van der Waals surface area contributed by atoms with E-state index in [0.29, 0.717) is 11.1 Å². The SMILES string of the molecule is CN1C(=O)C(c2ccc3nn(C)cc3c2)=C(c2ccc(C#N)cc2)NC1N1CCC(N)CC1. The molecule has 168 valence electrons. The normalized spacial score (nSPS) is 20.2. The second-order valence-electron chi connectivity index (χ2n) is 8.82. The first-order valence-electron chi connectivity index (χ1n) is 11.2. The molecule has 1 aromatic heterocycles. The third kappa shape index (κ3) is 3.86. The summed E-state index contributed by atoms with van der Waals surface area (Å²) < 4.78 is 1.77. The van der Waals surface area contributed by atoms with E-state index < -0.39 is 0 Å². The van der Waals surface area contributed by atoms with E-state index in [1.807, 2.05) is 50.6 Å². The summed E-state index contributed by atoms with van der Waals surface area (Å²) in [4.78, 5) is 17.8. The minimum Gasteiger partial charge on any atom is -0.352 e. The Kier molecular flexibility index (Phi) is 5.36. The van der Waals surface area contributed by atoms with Crippen LogP contribution in [0.15, 0.2) is 48.7 Å². The number of aryl methyl sites for hydroxylation is 1. The Labute approximate surface area is 192 Å². The Hall–Kier alpha value is -3.67. The predicted octanol–water partition coefficient (Wildman–Crippen LogP) is 2.08. The van der Waals surface area contributed by atoms with Crippen LogP contribution in [0.4, 0.5) is 0 Å². The van der Waals surface area contributed by atoms with E-state index in [1.54, 1.807) is 21.7 Å². The molecule has 0 spiro atoms. The van der Waals surface area contributed by atoms with Gasteiger partial charge in [0.2, 0.25) is 0 Å². The zero-order valence-corrected chi connectivity index (χ0v) is 18.8. The van der Waals surface area contributed by atoms with Gasteiger partial charge in [-0.15, -0.1) is 0 Å². The Balaban J connectivity index is 1.63. The molecule has 1 amide bonds. The molecule has 5 rings (SSSR count). The van der Waals surface area contributed by atoms with E-state index in [0.717, 1.165) is 53.7 Å². The van der Waals surface area contributed by atoms with Gasteiger partial charge in [-0.05, 0) is 48.2 Å². The highest BCUT2D eigenvalue weighted by Gasteiger charge is 2.37. The second kappa shape index (κ2) is 8.35. The number of hydrogen-bond donors (Lipinski definition) is 2. The lowest BCUT2D eigenvalue weighted by Gasteiger charge is -2.45. The number of aromatic nitrogens is 2. The van der Waals surface area contributed by atoms with Crippen molar-refractivity contribution in [1.29, 1.82) is 5.26 Å². The van der Waals surface area contributed by atoms with Gasteiger partial charge in [-0.1, -0.05) is 18.2 Å². The molecule has 8 nitrogen and oxygen atoms in total.